The summed E-state index contributed by atoms with van der Waals surface area (Å²) in [4.78, 5) is 11.8. The quantitative estimate of drug-likeness (QED) is 0.842. The Bertz CT molecular complexity index is 587. The minimum absolute atomic E-state index is 0.381. The molecule has 106 valence electrons. The Labute approximate surface area is 123 Å². The lowest BCUT2D eigenvalue weighted by Gasteiger charge is -2.05. The summed E-state index contributed by atoms with van der Waals surface area (Å²) >= 11 is 1.36. The van der Waals surface area contributed by atoms with Crippen molar-refractivity contribution in [2.45, 2.75) is 26.2 Å². The molecule has 0 aliphatic rings. The molecule has 0 saturated heterocycles. The number of nitrogen functional groups attached to an aromatic ring is 1. The number of methoxy groups -OCH3 is 1. The molecule has 4 heteroatoms. The molecule has 0 fully saturated rings. The second kappa shape index (κ2) is 6.57. The third-order valence-electron chi connectivity index (χ3n) is 3.29. The summed E-state index contributed by atoms with van der Waals surface area (Å²) in [6, 6.07) is 8.30. The van der Waals surface area contributed by atoms with Crippen molar-refractivity contribution in [3.05, 3.63) is 40.8 Å². The van der Waals surface area contributed by atoms with Crippen molar-refractivity contribution in [3.8, 4) is 11.1 Å². The van der Waals surface area contributed by atoms with Crippen LogP contribution in [0.15, 0.2) is 29.6 Å². The number of hydrogen-bond donors (Lipinski definition) is 1. The summed E-state index contributed by atoms with van der Waals surface area (Å²) < 4.78 is 4.80. The molecule has 2 rings (SSSR count). The number of aryl methyl sites for hydroxylation is 1. The molecule has 0 unspecified atom stereocenters. The number of nitrogens with two attached hydrogens (primary N) is 1. The van der Waals surface area contributed by atoms with E-state index in [9.17, 15) is 4.79 Å². The number of unbranched alkanes of at least 4 members (excludes halogenated alkanes) is 1. The van der Waals surface area contributed by atoms with Crippen LogP contribution in [0, 0.1) is 0 Å². The standard InChI is InChI=1S/C16H19NO2S/c1-3-4-5-11-6-8-12(9-7-11)13-10-20-15(17)14(13)16(18)19-2/h6-10H,3-5,17H2,1-2H3. The molecule has 2 N–H and O–H groups in total. The van der Waals surface area contributed by atoms with Crippen molar-refractivity contribution >= 4 is 22.3 Å². The van der Waals surface area contributed by atoms with Gasteiger partial charge in [0.25, 0.3) is 0 Å². The van der Waals surface area contributed by atoms with Gasteiger partial charge in [-0.3, -0.25) is 0 Å². The van der Waals surface area contributed by atoms with E-state index in [1.54, 1.807) is 0 Å². The number of benzene rings is 1. The van der Waals surface area contributed by atoms with E-state index in [-0.39, 0.29) is 5.97 Å². The van der Waals surface area contributed by atoms with Crippen LogP contribution in [-0.4, -0.2) is 13.1 Å². The predicted octanol–water partition coefficient (Wildman–Crippen LogP) is 4.13. The molecule has 0 aliphatic heterocycles. The number of rotatable bonds is 5. The molecule has 0 saturated carbocycles. The van der Waals surface area contributed by atoms with Crippen LogP contribution in [0.1, 0.15) is 35.7 Å². The largest absolute Gasteiger partial charge is 0.465 e. The summed E-state index contributed by atoms with van der Waals surface area (Å²) in [5.41, 5.74) is 9.50. The molecule has 2 aromatic rings. The van der Waals surface area contributed by atoms with Crippen LogP contribution in [0.3, 0.4) is 0 Å². The number of hydrogen-bond acceptors (Lipinski definition) is 4. The highest BCUT2D eigenvalue weighted by Crippen LogP contribution is 2.34. The summed E-state index contributed by atoms with van der Waals surface area (Å²) in [6.07, 6.45) is 3.47. The normalized spacial score (nSPS) is 10.5. The van der Waals surface area contributed by atoms with E-state index in [0.29, 0.717) is 10.6 Å². The minimum atomic E-state index is -0.381. The molecule has 3 nitrogen and oxygen atoms in total. The third-order valence-corrected chi connectivity index (χ3v) is 4.10. The van der Waals surface area contributed by atoms with Crippen LogP contribution in [0.25, 0.3) is 11.1 Å². The van der Waals surface area contributed by atoms with Gasteiger partial charge in [-0.25, -0.2) is 4.79 Å². The Morgan fingerprint density at radius 2 is 2.00 bits per heavy atom. The second-order valence-corrected chi connectivity index (χ2v) is 5.59. The predicted molar refractivity (Wildman–Crippen MR) is 84.1 cm³/mol. The van der Waals surface area contributed by atoms with Gasteiger partial charge < -0.3 is 10.5 Å². The van der Waals surface area contributed by atoms with Gasteiger partial charge in [0.05, 0.1) is 7.11 Å². The summed E-state index contributed by atoms with van der Waals surface area (Å²) in [5.74, 6) is -0.381. The van der Waals surface area contributed by atoms with Crippen LogP contribution < -0.4 is 5.73 Å². The molecule has 1 aromatic carbocycles. The lowest BCUT2D eigenvalue weighted by Crippen LogP contribution is -2.04. The van der Waals surface area contributed by atoms with E-state index in [2.05, 4.69) is 19.1 Å². The van der Waals surface area contributed by atoms with Crippen LogP contribution in [0.5, 0.6) is 0 Å². The van der Waals surface area contributed by atoms with Crippen LogP contribution >= 0.6 is 11.3 Å². The number of carbonyl (C=O) groups excluding carboxylic acids is 1. The zero-order valence-electron chi connectivity index (χ0n) is 11.8. The van der Waals surface area contributed by atoms with E-state index < -0.39 is 0 Å². The van der Waals surface area contributed by atoms with Gasteiger partial charge in [-0.15, -0.1) is 11.3 Å². The highest BCUT2D eigenvalue weighted by Gasteiger charge is 2.18. The van der Waals surface area contributed by atoms with Crippen molar-refractivity contribution < 1.29 is 9.53 Å². The number of carbonyl (C=O) groups is 1. The van der Waals surface area contributed by atoms with Crippen molar-refractivity contribution in [2.24, 2.45) is 0 Å². The van der Waals surface area contributed by atoms with Gasteiger partial charge in [0.2, 0.25) is 0 Å². The Balaban J connectivity index is 2.30. The Kier molecular flexibility index (Phi) is 4.79. The fourth-order valence-corrected chi connectivity index (χ4v) is 2.94. The van der Waals surface area contributed by atoms with E-state index in [1.807, 2.05) is 17.5 Å². The highest BCUT2D eigenvalue weighted by atomic mass is 32.1. The van der Waals surface area contributed by atoms with Crippen molar-refractivity contribution in [3.63, 3.8) is 0 Å². The fourth-order valence-electron chi connectivity index (χ4n) is 2.13. The highest BCUT2D eigenvalue weighted by molar-refractivity contribution is 7.14. The zero-order valence-corrected chi connectivity index (χ0v) is 12.6. The number of anilines is 1. The van der Waals surface area contributed by atoms with E-state index >= 15 is 0 Å². The second-order valence-electron chi connectivity index (χ2n) is 4.68. The molecule has 0 bridgehead atoms. The maximum absolute atomic E-state index is 11.8. The number of ether oxygens (including phenoxy) is 1. The van der Waals surface area contributed by atoms with E-state index in [0.717, 1.165) is 17.5 Å². The van der Waals surface area contributed by atoms with E-state index in [1.165, 1.54) is 36.9 Å². The van der Waals surface area contributed by atoms with Gasteiger partial charge in [0.15, 0.2) is 0 Å². The number of thiophene rings is 1. The summed E-state index contributed by atoms with van der Waals surface area (Å²) in [5, 5.41) is 2.41. The van der Waals surface area contributed by atoms with Gasteiger partial charge in [0, 0.05) is 10.9 Å². The van der Waals surface area contributed by atoms with Gasteiger partial charge in [-0.1, -0.05) is 37.6 Å². The maximum Gasteiger partial charge on any atom is 0.341 e. The molecule has 1 aromatic heterocycles. The summed E-state index contributed by atoms with van der Waals surface area (Å²) in [6.45, 7) is 2.19. The molecule has 1 heterocycles. The zero-order chi connectivity index (χ0) is 14.5. The van der Waals surface area contributed by atoms with Crippen LogP contribution in [-0.2, 0) is 11.2 Å². The van der Waals surface area contributed by atoms with Crippen molar-refractivity contribution in [1.82, 2.24) is 0 Å². The molecule has 0 spiro atoms. The third kappa shape index (κ3) is 3.02. The topological polar surface area (TPSA) is 52.3 Å². The molecular formula is C16H19NO2S. The van der Waals surface area contributed by atoms with Crippen LogP contribution in [0.2, 0.25) is 0 Å². The molecule has 20 heavy (non-hydrogen) atoms. The van der Waals surface area contributed by atoms with Gasteiger partial charge >= 0.3 is 5.97 Å². The summed E-state index contributed by atoms with van der Waals surface area (Å²) in [7, 11) is 1.37. The minimum Gasteiger partial charge on any atom is -0.465 e. The van der Waals surface area contributed by atoms with Crippen LogP contribution in [0.4, 0.5) is 5.00 Å². The SMILES string of the molecule is CCCCc1ccc(-c2csc(N)c2C(=O)OC)cc1. The van der Waals surface area contributed by atoms with Crippen molar-refractivity contribution in [2.75, 3.05) is 12.8 Å². The fraction of sp³-hybridized carbons (Fsp3) is 0.312. The van der Waals surface area contributed by atoms with Crippen molar-refractivity contribution in [1.29, 1.82) is 0 Å². The molecule has 0 aliphatic carbocycles. The first-order valence-electron chi connectivity index (χ1n) is 6.72. The van der Waals surface area contributed by atoms with Gasteiger partial charge in [-0.2, -0.15) is 0 Å². The Morgan fingerprint density at radius 1 is 1.30 bits per heavy atom. The lowest BCUT2D eigenvalue weighted by molar-refractivity contribution is 0.0603. The first kappa shape index (κ1) is 14.6. The average Bonchev–Trinajstić information content (AvgIpc) is 2.86. The monoisotopic (exact) mass is 289 g/mol. The van der Waals surface area contributed by atoms with E-state index in [4.69, 9.17) is 10.5 Å². The molecule has 0 radical (unpaired) electrons. The Morgan fingerprint density at radius 3 is 2.60 bits per heavy atom. The average molecular weight is 289 g/mol. The maximum atomic E-state index is 11.8. The Hall–Kier alpha value is -1.81. The van der Waals surface area contributed by atoms with Gasteiger partial charge in [0.1, 0.15) is 10.6 Å². The molecule has 0 amide bonds. The smallest absolute Gasteiger partial charge is 0.341 e. The van der Waals surface area contributed by atoms with Gasteiger partial charge in [-0.05, 0) is 24.0 Å². The first-order chi connectivity index (χ1) is 9.67. The first-order valence-corrected chi connectivity index (χ1v) is 7.60. The lowest BCUT2D eigenvalue weighted by atomic mass is 10.0. The molecule has 0 atom stereocenters. The molecular weight excluding hydrogens is 270 g/mol. The number of esters is 1.